The van der Waals surface area contributed by atoms with E-state index in [4.69, 9.17) is 5.73 Å². The summed E-state index contributed by atoms with van der Waals surface area (Å²) in [4.78, 5) is 11.9. The van der Waals surface area contributed by atoms with E-state index >= 15 is 0 Å². The van der Waals surface area contributed by atoms with Gasteiger partial charge < -0.3 is 11.1 Å². The molecule has 1 aromatic carbocycles. The number of hydrogen-bond donors (Lipinski definition) is 2. The summed E-state index contributed by atoms with van der Waals surface area (Å²) in [5.74, 6) is -0.517. The molecular formula is C14H21FN2O. The van der Waals surface area contributed by atoms with Crippen LogP contribution in [0.15, 0.2) is 18.2 Å². The first-order chi connectivity index (χ1) is 8.41. The normalized spacial score (nSPS) is 11.4. The van der Waals surface area contributed by atoms with Crippen LogP contribution in [-0.2, 0) is 0 Å². The summed E-state index contributed by atoms with van der Waals surface area (Å²) in [7, 11) is 0. The Morgan fingerprint density at radius 1 is 1.39 bits per heavy atom. The van der Waals surface area contributed by atoms with Crippen LogP contribution >= 0.6 is 0 Å². The molecule has 0 spiro atoms. The molecule has 3 nitrogen and oxygen atoms in total. The Balaban J connectivity index is 2.68. The molecule has 18 heavy (non-hydrogen) atoms. The highest BCUT2D eigenvalue weighted by Gasteiger charge is 2.21. The molecule has 0 saturated carbocycles. The van der Waals surface area contributed by atoms with E-state index in [-0.39, 0.29) is 17.3 Å². The number of hydrogen-bond acceptors (Lipinski definition) is 2. The highest BCUT2D eigenvalue weighted by Crippen LogP contribution is 2.11. The zero-order chi connectivity index (χ0) is 13.8. The maximum absolute atomic E-state index is 13.1. The molecule has 0 bridgehead atoms. The molecule has 0 atom stereocenters. The fraction of sp³-hybridized carbons (Fsp3) is 0.500. The zero-order valence-corrected chi connectivity index (χ0v) is 11.2. The minimum absolute atomic E-state index is 0.213. The van der Waals surface area contributed by atoms with Crippen LogP contribution in [0.2, 0.25) is 0 Å². The molecule has 3 N–H and O–H groups in total. The van der Waals surface area contributed by atoms with E-state index < -0.39 is 0 Å². The maximum atomic E-state index is 13.1. The third kappa shape index (κ3) is 3.53. The Kier molecular flexibility index (Phi) is 4.84. The summed E-state index contributed by atoms with van der Waals surface area (Å²) >= 11 is 0. The van der Waals surface area contributed by atoms with Gasteiger partial charge in [0.25, 0.3) is 5.91 Å². The summed E-state index contributed by atoms with van der Waals surface area (Å²) in [6, 6.07) is 4.33. The van der Waals surface area contributed by atoms with Crippen molar-refractivity contribution in [3.05, 3.63) is 35.1 Å². The van der Waals surface area contributed by atoms with Crippen molar-refractivity contribution >= 4 is 5.91 Å². The van der Waals surface area contributed by atoms with E-state index in [1.807, 2.05) is 13.8 Å². The minimum atomic E-state index is -0.370. The quantitative estimate of drug-likeness (QED) is 0.845. The van der Waals surface area contributed by atoms with Gasteiger partial charge in [-0.1, -0.05) is 13.8 Å². The molecule has 0 saturated heterocycles. The van der Waals surface area contributed by atoms with Gasteiger partial charge in [-0.2, -0.15) is 0 Å². The summed E-state index contributed by atoms with van der Waals surface area (Å²) in [6.45, 7) is 6.06. The lowest BCUT2D eigenvalue weighted by atomic mass is 9.94. The first-order valence-electron chi connectivity index (χ1n) is 6.25. The van der Waals surface area contributed by atoms with Crippen molar-refractivity contribution in [1.29, 1.82) is 0 Å². The maximum Gasteiger partial charge on any atom is 0.251 e. The molecule has 100 valence electrons. The highest BCUT2D eigenvalue weighted by atomic mass is 19.1. The molecule has 1 aromatic rings. The molecule has 1 amide bonds. The second-order valence-corrected chi connectivity index (χ2v) is 4.72. The van der Waals surface area contributed by atoms with Crippen molar-refractivity contribution in [3.63, 3.8) is 0 Å². The molecule has 1 rings (SSSR count). The SMILES string of the molecule is CCC(N)(CC)CNC(=O)c1ccc(F)c(C)c1. The first kappa shape index (κ1) is 14.6. The van der Waals surface area contributed by atoms with Gasteiger partial charge in [0.15, 0.2) is 0 Å². The van der Waals surface area contributed by atoms with Crippen molar-refractivity contribution in [3.8, 4) is 0 Å². The fourth-order valence-electron chi connectivity index (χ4n) is 1.64. The lowest BCUT2D eigenvalue weighted by molar-refractivity contribution is 0.0942. The van der Waals surface area contributed by atoms with Crippen molar-refractivity contribution in [2.75, 3.05) is 6.54 Å². The smallest absolute Gasteiger partial charge is 0.251 e. The molecule has 0 aromatic heterocycles. The van der Waals surface area contributed by atoms with Crippen molar-refractivity contribution in [2.45, 2.75) is 39.2 Å². The number of aryl methyl sites for hydroxylation is 1. The second kappa shape index (κ2) is 5.96. The van der Waals surface area contributed by atoms with Crippen LogP contribution in [-0.4, -0.2) is 18.0 Å². The largest absolute Gasteiger partial charge is 0.350 e. The van der Waals surface area contributed by atoms with Gasteiger partial charge in [0, 0.05) is 17.6 Å². The summed E-state index contributed by atoms with van der Waals surface area (Å²) in [5.41, 5.74) is 6.66. The Bertz CT molecular complexity index is 428. The van der Waals surface area contributed by atoms with Crippen LogP contribution < -0.4 is 11.1 Å². The highest BCUT2D eigenvalue weighted by molar-refractivity contribution is 5.94. The van der Waals surface area contributed by atoms with Crippen LogP contribution in [0.1, 0.15) is 42.6 Å². The number of nitrogens with two attached hydrogens (primary N) is 1. The van der Waals surface area contributed by atoms with E-state index in [2.05, 4.69) is 5.32 Å². The van der Waals surface area contributed by atoms with Crippen LogP contribution in [0.25, 0.3) is 0 Å². The van der Waals surface area contributed by atoms with Gasteiger partial charge in [-0.15, -0.1) is 0 Å². The number of amides is 1. The third-order valence-electron chi connectivity index (χ3n) is 3.43. The molecule has 0 fully saturated rings. The topological polar surface area (TPSA) is 55.1 Å². The summed E-state index contributed by atoms with van der Waals surface area (Å²) in [6.07, 6.45) is 1.60. The van der Waals surface area contributed by atoms with Crippen LogP contribution in [0.5, 0.6) is 0 Å². The second-order valence-electron chi connectivity index (χ2n) is 4.72. The monoisotopic (exact) mass is 252 g/mol. The fourth-order valence-corrected chi connectivity index (χ4v) is 1.64. The Labute approximate surface area is 108 Å². The van der Waals surface area contributed by atoms with E-state index in [1.54, 1.807) is 13.0 Å². The average molecular weight is 252 g/mol. The number of carbonyl (C=O) groups excluding carboxylic acids is 1. The molecule has 0 radical (unpaired) electrons. The number of carbonyl (C=O) groups is 1. The number of benzene rings is 1. The van der Waals surface area contributed by atoms with Gasteiger partial charge >= 0.3 is 0 Å². The number of rotatable bonds is 5. The Morgan fingerprint density at radius 3 is 2.50 bits per heavy atom. The molecule has 0 aliphatic carbocycles. The van der Waals surface area contributed by atoms with Crippen molar-refractivity contribution < 1.29 is 9.18 Å². The number of halogens is 1. The molecule has 0 aliphatic heterocycles. The summed E-state index contributed by atoms with van der Waals surface area (Å²) in [5, 5.41) is 2.80. The lowest BCUT2D eigenvalue weighted by Gasteiger charge is -2.26. The summed E-state index contributed by atoms with van der Waals surface area (Å²) < 4.78 is 13.1. The molecular weight excluding hydrogens is 231 g/mol. The molecule has 4 heteroatoms. The molecule has 0 heterocycles. The standard InChI is InChI=1S/C14H21FN2O/c1-4-14(16,5-2)9-17-13(18)11-6-7-12(15)10(3)8-11/h6-8H,4-5,9,16H2,1-3H3,(H,17,18). The van der Waals surface area contributed by atoms with Gasteiger partial charge in [0.05, 0.1) is 0 Å². The van der Waals surface area contributed by atoms with E-state index in [1.165, 1.54) is 12.1 Å². The predicted octanol–water partition coefficient (Wildman–Crippen LogP) is 2.38. The van der Waals surface area contributed by atoms with E-state index in [0.29, 0.717) is 17.7 Å². The molecule has 0 aliphatic rings. The zero-order valence-electron chi connectivity index (χ0n) is 11.2. The van der Waals surface area contributed by atoms with Crippen molar-refractivity contribution in [1.82, 2.24) is 5.32 Å². The Morgan fingerprint density at radius 2 is 2.00 bits per heavy atom. The lowest BCUT2D eigenvalue weighted by Crippen LogP contribution is -2.49. The predicted molar refractivity (Wildman–Crippen MR) is 71.0 cm³/mol. The van der Waals surface area contributed by atoms with E-state index in [0.717, 1.165) is 12.8 Å². The van der Waals surface area contributed by atoms with Crippen molar-refractivity contribution in [2.24, 2.45) is 5.73 Å². The Hall–Kier alpha value is -1.42. The first-order valence-corrected chi connectivity index (χ1v) is 6.25. The average Bonchev–Trinajstić information content (AvgIpc) is 2.38. The van der Waals surface area contributed by atoms with Crippen LogP contribution in [0, 0.1) is 12.7 Å². The minimum Gasteiger partial charge on any atom is -0.350 e. The molecule has 0 unspecified atom stereocenters. The van der Waals surface area contributed by atoms with Crippen LogP contribution in [0.3, 0.4) is 0 Å². The number of nitrogens with one attached hydrogen (secondary N) is 1. The van der Waals surface area contributed by atoms with Gasteiger partial charge in [-0.05, 0) is 43.5 Å². The van der Waals surface area contributed by atoms with Gasteiger partial charge in [0.1, 0.15) is 5.82 Å². The third-order valence-corrected chi connectivity index (χ3v) is 3.43. The van der Waals surface area contributed by atoms with Gasteiger partial charge in [-0.25, -0.2) is 4.39 Å². The van der Waals surface area contributed by atoms with Gasteiger partial charge in [-0.3, -0.25) is 4.79 Å². The van der Waals surface area contributed by atoms with Crippen LogP contribution in [0.4, 0.5) is 4.39 Å². The van der Waals surface area contributed by atoms with E-state index in [9.17, 15) is 9.18 Å². The van der Waals surface area contributed by atoms with Gasteiger partial charge in [0.2, 0.25) is 0 Å².